The molecule has 0 aliphatic carbocycles. The van der Waals surface area contributed by atoms with Crippen LogP contribution in [0.4, 0.5) is 5.82 Å². The summed E-state index contributed by atoms with van der Waals surface area (Å²) in [6, 6.07) is 13.2. The van der Waals surface area contributed by atoms with Gasteiger partial charge in [-0.15, -0.1) is 0 Å². The fourth-order valence-electron chi connectivity index (χ4n) is 3.37. The molecular weight excluding hydrogens is 444 g/mol. The summed E-state index contributed by atoms with van der Waals surface area (Å²) < 4.78 is 1.59. The van der Waals surface area contributed by atoms with Gasteiger partial charge in [0.25, 0.3) is 0 Å². The lowest BCUT2D eigenvalue weighted by Crippen LogP contribution is -2.29. The van der Waals surface area contributed by atoms with Crippen LogP contribution in [0.2, 0.25) is 5.02 Å². The first-order chi connectivity index (χ1) is 15.3. The number of carbonyl (C=O) groups excluding carboxylic acids is 2. The lowest BCUT2D eigenvalue weighted by atomic mass is 10.1. The van der Waals surface area contributed by atoms with Crippen molar-refractivity contribution in [2.24, 2.45) is 5.10 Å². The number of halogens is 1. The molecule has 8 heteroatoms. The van der Waals surface area contributed by atoms with Crippen LogP contribution in [0.15, 0.2) is 52.6 Å². The Labute approximate surface area is 196 Å². The highest BCUT2D eigenvalue weighted by Crippen LogP contribution is 2.41. The Bertz CT molecular complexity index is 1250. The van der Waals surface area contributed by atoms with E-state index in [9.17, 15) is 9.59 Å². The average Bonchev–Trinajstić information content (AvgIpc) is 3.19. The standard InChI is InChI=1S/C24H23ClN4O2S/c1-5-19(30)28-21(16-9-11-18(25)12-10-16)26-22-24(28)32-23(27-29(22)20(31)6-2)17-8-7-14(3)15(4)13-17/h7-13H,5-6H2,1-4H3. The highest BCUT2D eigenvalue weighted by atomic mass is 35.5. The number of aromatic nitrogens is 2. The number of rotatable bonds is 4. The third kappa shape index (κ3) is 3.98. The Hall–Kier alpha value is -2.90. The molecule has 0 saturated carbocycles. The summed E-state index contributed by atoms with van der Waals surface area (Å²) in [5.74, 6) is 0.545. The summed E-state index contributed by atoms with van der Waals surface area (Å²) in [6.07, 6.45) is 0.556. The summed E-state index contributed by atoms with van der Waals surface area (Å²) in [7, 11) is 0. The molecule has 0 atom stereocenters. The Kier molecular flexibility index (Phi) is 6.22. The zero-order chi connectivity index (χ0) is 23.0. The fourth-order valence-corrected chi connectivity index (χ4v) is 4.55. The van der Waals surface area contributed by atoms with Crippen LogP contribution >= 0.6 is 23.4 Å². The van der Waals surface area contributed by atoms with E-state index in [4.69, 9.17) is 16.6 Å². The third-order valence-corrected chi connectivity index (χ3v) is 6.67. The van der Waals surface area contributed by atoms with Gasteiger partial charge in [0.05, 0.1) is 0 Å². The smallest absolute Gasteiger partial charge is 0.248 e. The van der Waals surface area contributed by atoms with Gasteiger partial charge in [-0.1, -0.05) is 37.6 Å². The van der Waals surface area contributed by atoms with Crippen molar-refractivity contribution in [3.63, 3.8) is 0 Å². The molecule has 1 aromatic heterocycles. The molecule has 2 heterocycles. The van der Waals surface area contributed by atoms with Crippen LogP contribution in [0.3, 0.4) is 0 Å². The molecule has 164 valence electrons. The highest BCUT2D eigenvalue weighted by molar-refractivity contribution is 8.14. The molecule has 3 aromatic rings. The first-order valence-corrected chi connectivity index (χ1v) is 11.6. The first kappa shape index (κ1) is 22.3. The van der Waals surface area contributed by atoms with Gasteiger partial charge in [0.15, 0.2) is 5.82 Å². The minimum atomic E-state index is -0.191. The molecule has 0 fully saturated rings. The maximum absolute atomic E-state index is 13.0. The zero-order valence-corrected chi connectivity index (χ0v) is 19.9. The van der Waals surface area contributed by atoms with Gasteiger partial charge >= 0.3 is 0 Å². The topological polar surface area (TPSA) is 67.6 Å². The van der Waals surface area contributed by atoms with Gasteiger partial charge in [-0.05, 0) is 67.1 Å². The normalized spacial score (nSPS) is 13.0. The summed E-state index contributed by atoms with van der Waals surface area (Å²) in [5.41, 5.74) is 3.93. The van der Waals surface area contributed by atoms with E-state index in [1.165, 1.54) is 22.3 Å². The Morgan fingerprint density at radius 1 is 0.938 bits per heavy atom. The molecule has 6 nitrogen and oxygen atoms in total. The zero-order valence-electron chi connectivity index (χ0n) is 18.3. The van der Waals surface area contributed by atoms with Crippen molar-refractivity contribution in [1.82, 2.24) is 9.55 Å². The van der Waals surface area contributed by atoms with E-state index in [-0.39, 0.29) is 18.2 Å². The molecule has 1 aliphatic heterocycles. The van der Waals surface area contributed by atoms with Crippen LogP contribution in [0.5, 0.6) is 0 Å². The average molecular weight is 467 g/mol. The van der Waals surface area contributed by atoms with Crippen LogP contribution < -0.4 is 5.01 Å². The van der Waals surface area contributed by atoms with E-state index in [2.05, 4.69) is 5.10 Å². The van der Waals surface area contributed by atoms with E-state index in [1.54, 1.807) is 30.5 Å². The Morgan fingerprint density at radius 2 is 1.59 bits per heavy atom. The van der Waals surface area contributed by atoms with Crippen molar-refractivity contribution in [3.8, 4) is 11.4 Å². The number of benzene rings is 2. The molecule has 2 aromatic carbocycles. The summed E-state index contributed by atoms with van der Waals surface area (Å²) in [4.78, 5) is 30.6. The summed E-state index contributed by atoms with van der Waals surface area (Å²) in [5, 5.41) is 7.80. The second-order valence-corrected chi connectivity index (χ2v) is 8.93. The predicted octanol–water partition coefficient (Wildman–Crippen LogP) is 6.08. The lowest BCUT2D eigenvalue weighted by Gasteiger charge is -2.23. The second kappa shape index (κ2) is 8.92. The van der Waals surface area contributed by atoms with Crippen LogP contribution in [0.25, 0.3) is 11.4 Å². The number of carbonyl (C=O) groups is 2. The number of imidazole rings is 1. The number of hydrazone groups is 1. The van der Waals surface area contributed by atoms with Crippen LogP contribution in [0.1, 0.15) is 48.2 Å². The van der Waals surface area contributed by atoms with Gasteiger partial charge in [0, 0.05) is 29.0 Å². The molecule has 0 N–H and O–H groups in total. The number of hydrogen-bond donors (Lipinski definition) is 0. The molecule has 0 unspecified atom stereocenters. The minimum absolute atomic E-state index is 0.110. The van der Waals surface area contributed by atoms with Crippen LogP contribution in [-0.2, 0) is 4.79 Å². The number of fused-ring (bicyclic) bond motifs is 1. The number of anilines is 1. The maximum Gasteiger partial charge on any atom is 0.248 e. The molecule has 1 aliphatic rings. The van der Waals surface area contributed by atoms with Crippen molar-refractivity contribution < 1.29 is 9.59 Å². The quantitative estimate of drug-likeness (QED) is 0.467. The molecule has 0 spiro atoms. The highest BCUT2D eigenvalue weighted by Gasteiger charge is 2.33. The molecule has 32 heavy (non-hydrogen) atoms. The molecule has 1 amide bonds. The minimum Gasteiger partial charge on any atom is -0.274 e. The number of thioether (sulfide) groups is 1. The Balaban J connectivity index is 1.92. The SMILES string of the molecule is CCC(=O)N1N=C(c2ccc(C)c(C)c2)Sc2c1nc(-c1ccc(Cl)cc1)n2C(=O)CC. The number of amides is 1. The van der Waals surface area contributed by atoms with Gasteiger partial charge in [0.1, 0.15) is 15.9 Å². The van der Waals surface area contributed by atoms with Gasteiger partial charge in [-0.2, -0.15) is 10.1 Å². The lowest BCUT2D eigenvalue weighted by molar-refractivity contribution is -0.118. The first-order valence-electron chi connectivity index (χ1n) is 10.4. The van der Waals surface area contributed by atoms with Gasteiger partial charge < -0.3 is 0 Å². The molecule has 4 rings (SSSR count). The number of hydrogen-bond acceptors (Lipinski definition) is 5. The second-order valence-electron chi connectivity index (χ2n) is 7.52. The molecular formula is C24H23ClN4O2S. The van der Waals surface area contributed by atoms with Crippen molar-refractivity contribution in [3.05, 3.63) is 64.2 Å². The van der Waals surface area contributed by atoms with Gasteiger partial charge in [-0.25, -0.2) is 4.98 Å². The van der Waals surface area contributed by atoms with Crippen molar-refractivity contribution in [2.45, 2.75) is 45.6 Å². The largest absolute Gasteiger partial charge is 0.274 e. The summed E-state index contributed by atoms with van der Waals surface area (Å²) >= 11 is 7.41. The number of nitrogens with zero attached hydrogens (tertiary/aromatic N) is 4. The molecule has 0 bridgehead atoms. The summed E-state index contributed by atoms with van der Waals surface area (Å²) in [6.45, 7) is 7.68. The number of aryl methyl sites for hydroxylation is 2. The molecule has 0 saturated heterocycles. The van der Waals surface area contributed by atoms with E-state index in [0.29, 0.717) is 33.2 Å². The monoisotopic (exact) mass is 466 g/mol. The Morgan fingerprint density at radius 3 is 2.22 bits per heavy atom. The van der Waals surface area contributed by atoms with E-state index in [1.807, 2.05) is 44.2 Å². The maximum atomic E-state index is 13.0. The van der Waals surface area contributed by atoms with E-state index >= 15 is 0 Å². The van der Waals surface area contributed by atoms with Crippen LogP contribution in [-0.4, -0.2) is 26.4 Å². The van der Waals surface area contributed by atoms with Crippen LogP contribution in [0, 0.1) is 13.8 Å². The van der Waals surface area contributed by atoms with E-state index < -0.39 is 0 Å². The van der Waals surface area contributed by atoms with Crippen molar-refractivity contribution in [1.29, 1.82) is 0 Å². The van der Waals surface area contributed by atoms with Crippen molar-refractivity contribution >= 4 is 46.0 Å². The van der Waals surface area contributed by atoms with Crippen molar-refractivity contribution in [2.75, 3.05) is 5.01 Å². The third-order valence-electron chi connectivity index (χ3n) is 5.35. The van der Waals surface area contributed by atoms with Gasteiger partial charge in [-0.3, -0.25) is 14.2 Å². The molecule has 0 radical (unpaired) electrons. The van der Waals surface area contributed by atoms with E-state index in [0.717, 1.165) is 16.7 Å². The fraction of sp³-hybridized carbons (Fsp3) is 0.250. The van der Waals surface area contributed by atoms with Gasteiger partial charge in [0.2, 0.25) is 11.8 Å². The predicted molar refractivity (Wildman–Crippen MR) is 130 cm³/mol.